The number of hydrogen-bond acceptors (Lipinski definition) is 5. The minimum atomic E-state index is -0.871. The molecule has 0 aromatic carbocycles. The van der Waals surface area contributed by atoms with E-state index < -0.39 is 5.97 Å². The second-order valence-electron chi connectivity index (χ2n) is 3.49. The van der Waals surface area contributed by atoms with Crippen LogP contribution in [-0.2, 0) is 4.79 Å². The zero-order valence-corrected chi connectivity index (χ0v) is 11.3. The molecule has 0 spiro atoms. The van der Waals surface area contributed by atoms with Crippen molar-refractivity contribution in [3.63, 3.8) is 0 Å². The molecule has 2 aromatic heterocycles. The van der Waals surface area contributed by atoms with E-state index in [1.807, 2.05) is 11.4 Å². The average Bonchev–Trinajstić information content (AvgIpc) is 2.83. The van der Waals surface area contributed by atoms with Crippen molar-refractivity contribution in [2.45, 2.75) is 19.4 Å². The number of nitrogens with zero attached hydrogens (tertiary/aromatic N) is 4. The lowest BCUT2D eigenvalue weighted by molar-refractivity contribution is -0.137. The third kappa shape index (κ3) is 2.52. The molecule has 0 fully saturated rings. The summed E-state index contributed by atoms with van der Waals surface area (Å²) in [4.78, 5) is 11.6. The summed E-state index contributed by atoms with van der Waals surface area (Å²) in [7, 11) is 0. The molecule has 0 bridgehead atoms. The van der Waals surface area contributed by atoms with E-state index in [4.69, 9.17) is 5.11 Å². The molecule has 0 saturated carbocycles. The molecule has 8 heteroatoms. The van der Waals surface area contributed by atoms with E-state index in [9.17, 15) is 4.79 Å². The highest BCUT2D eigenvalue weighted by Crippen LogP contribution is 2.32. The number of carbonyl (C=O) groups is 1. The number of hydrogen-bond donors (Lipinski definition) is 1. The number of aromatic nitrogens is 4. The normalized spacial score (nSPS) is 12.6. The zero-order valence-electron chi connectivity index (χ0n) is 8.87. The van der Waals surface area contributed by atoms with Crippen LogP contribution in [-0.4, -0.2) is 31.3 Å². The maximum absolute atomic E-state index is 10.7. The highest BCUT2D eigenvalue weighted by Gasteiger charge is 2.19. The van der Waals surface area contributed by atoms with Gasteiger partial charge in [0, 0.05) is 4.47 Å². The second-order valence-corrected chi connectivity index (χ2v) is 5.26. The largest absolute Gasteiger partial charge is 0.481 e. The maximum atomic E-state index is 10.7. The highest BCUT2D eigenvalue weighted by atomic mass is 79.9. The number of rotatable bonds is 4. The summed E-state index contributed by atoms with van der Waals surface area (Å²) in [5.41, 5.74) is 0. The Balaban J connectivity index is 2.35. The monoisotopic (exact) mass is 316 g/mol. The Morgan fingerprint density at radius 1 is 1.71 bits per heavy atom. The fourth-order valence-electron chi connectivity index (χ4n) is 1.43. The lowest BCUT2D eigenvalue weighted by Gasteiger charge is -2.10. The van der Waals surface area contributed by atoms with Gasteiger partial charge in [-0.2, -0.15) is 0 Å². The minimum absolute atomic E-state index is 0.0129. The van der Waals surface area contributed by atoms with E-state index >= 15 is 0 Å². The zero-order chi connectivity index (χ0) is 12.4. The molecule has 1 N–H and O–H groups in total. The summed E-state index contributed by atoms with van der Waals surface area (Å²) in [6, 6.07) is 1.62. The second kappa shape index (κ2) is 4.92. The van der Waals surface area contributed by atoms with Crippen molar-refractivity contribution in [1.82, 2.24) is 20.2 Å². The van der Waals surface area contributed by atoms with Crippen molar-refractivity contribution in [3.8, 4) is 10.7 Å². The molecular formula is C9H9BrN4O2S. The Hall–Kier alpha value is -1.28. The van der Waals surface area contributed by atoms with Gasteiger partial charge in [-0.25, -0.2) is 4.68 Å². The first-order valence-electron chi connectivity index (χ1n) is 4.82. The fraction of sp³-hybridized carbons (Fsp3) is 0.333. The van der Waals surface area contributed by atoms with Crippen LogP contribution in [0.3, 0.4) is 0 Å². The summed E-state index contributed by atoms with van der Waals surface area (Å²) in [5, 5.41) is 22.1. The summed E-state index contributed by atoms with van der Waals surface area (Å²) in [6.45, 7) is 1.77. The molecule has 1 atom stereocenters. The van der Waals surface area contributed by atoms with Crippen molar-refractivity contribution < 1.29 is 9.90 Å². The van der Waals surface area contributed by atoms with Gasteiger partial charge in [0.15, 0.2) is 5.82 Å². The van der Waals surface area contributed by atoms with Crippen LogP contribution in [0.15, 0.2) is 15.9 Å². The Morgan fingerprint density at radius 3 is 3.06 bits per heavy atom. The molecule has 0 saturated heterocycles. The average molecular weight is 317 g/mol. The van der Waals surface area contributed by atoms with E-state index in [1.165, 1.54) is 16.0 Å². The van der Waals surface area contributed by atoms with Gasteiger partial charge in [-0.05, 0) is 44.7 Å². The Morgan fingerprint density at radius 2 is 2.47 bits per heavy atom. The van der Waals surface area contributed by atoms with Crippen LogP contribution in [0.1, 0.15) is 19.4 Å². The summed E-state index contributed by atoms with van der Waals surface area (Å²) >= 11 is 4.91. The SMILES string of the molecule is CC(CC(=O)O)n1nnnc1-c1sccc1Br. The van der Waals surface area contributed by atoms with Crippen LogP contribution < -0.4 is 0 Å². The van der Waals surface area contributed by atoms with Crippen molar-refractivity contribution >= 4 is 33.2 Å². The van der Waals surface area contributed by atoms with Gasteiger partial charge in [-0.3, -0.25) is 4.79 Å². The molecular weight excluding hydrogens is 308 g/mol. The number of tetrazole rings is 1. The first-order chi connectivity index (χ1) is 8.09. The molecule has 90 valence electrons. The molecule has 0 aliphatic heterocycles. The van der Waals surface area contributed by atoms with Gasteiger partial charge in [0.05, 0.1) is 17.3 Å². The van der Waals surface area contributed by atoms with Gasteiger partial charge in [0.25, 0.3) is 0 Å². The van der Waals surface area contributed by atoms with Gasteiger partial charge < -0.3 is 5.11 Å². The van der Waals surface area contributed by atoms with E-state index in [0.717, 1.165) is 9.35 Å². The predicted molar refractivity (Wildman–Crippen MR) is 65.8 cm³/mol. The molecule has 1 unspecified atom stereocenters. The van der Waals surface area contributed by atoms with Crippen molar-refractivity contribution in [2.24, 2.45) is 0 Å². The third-order valence-corrected chi connectivity index (χ3v) is 4.03. The topological polar surface area (TPSA) is 80.9 Å². The summed E-state index contributed by atoms with van der Waals surface area (Å²) in [6.07, 6.45) is -0.0129. The van der Waals surface area contributed by atoms with Crippen LogP contribution in [0.25, 0.3) is 10.7 Å². The molecule has 2 rings (SSSR count). The molecule has 2 aromatic rings. The smallest absolute Gasteiger partial charge is 0.305 e. The van der Waals surface area contributed by atoms with Crippen molar-refractivity contribution in [2.75, 3.05) is 0 Å². The third-order valence-electron chi connectivity index (χ3n) is 2.20. The van der Waals surface area contributed by atoms with Gasteiger partial charge in [0.2, 0.25) is 0 Å². The van der Waals surface area contributed by atoms with E-state index in [0.29, 0.717) is 5.82 Å². The molecule has 0 amide bonds. The molecule has 0 aliphatic rings. The van der Waals surface area contributed by atoms with Crippen LogP contribution in [0.2, 0.25) is 0 Å². The quantitative estimate of drug-likeness (QED) is 0.935. The van der Waals surface area contributed by atoms with Crippen LogP contribution >= 0.6 is 27.3 Å². The van der Waals surface area contributed by atoms with Crippen molar-refractivity contribution in [3.05, 3.63) is 15.9 Å². The summed E-state index contributed by atoms with van der Waals surface area (Å²) < 4.78 is 2.44. The van der Waals surface area contributed by atoms with Gasteiger partial charge in [-0.1, -0.05) is 0 Å². The minimum Gasteiger partial charge on any atom is -0.481 e. The molecule has 0 aliphatic carbocycles. The lowest BCUT2D eigenvalue weighted by atomic mass is 10.2. The number of aliphatic carboxylic acids is 1. The first kappa shape index (κ1) is 12.2. The number of carboxylic acid groups (broad SMARTS) is 1. The van der Waals surface area contributed by atoms with Crippen LogP contribution in [0.4, 0.5) is 0 Å². The molecule has 17 heavy (non-hydrogen) atoms. The standard InChI is InChI=1S/C9H9BrN4O2S/c1-5(4-7(15)16)14-9(11-12-13-14)8-6(10)2-3-17-8/h2-3,5H,4H2,1H3,(H,15,16). The molecule has 6 nitrogen and oxygen atoms in total. The van der Waals surface area contributed by atoms with Gasteiger partial charge in [-0.15, -0.1) is 16.4 Å². The molecule has 2 heterocycles. The van der Waals surface area contributed by atoms with Crippen molar-refractivity contribution in [1.29, 1.82) is 0 Å². The Bertz CT molecular complexity index is 539. The molecule has 0 radical (unpaired) electrons. The summed E-state index contributed by atoms with van der Waals surface area (Å²) in [5.74, 6) is -0.287. The van der Waals surface area contributed by atoms with Gasteiger partial charge >= 0.3 is 5.97 Å². The first-order valence-corrected chi connectivity index (χ1v) is 6.50. The lowest BCUT2D eigenvalue weighted by Crippen LogP contribution is -2.13. The van der Waals surface area contributed by atoms with Crippen LogP contribution in [0, 0.1) is 0 Å². The fourth-order valence-corrected chi connectivity index (χ4v) is 2.96. The Labute approximate surface area is 109 Å². The predicted octanol–water partition coefficient (Wildman–Crippen LogP) is 2.20. The Kier molecular flexibility index (Phi) is 3.53. The number of halogens is 1. The van der Waals surface area contributed by atoms with E-state index in [1.54, 1.807) is 6.92 Å². The van der Waals surface area contributed by atoms with E-state index in [2.05, 4.69) is 31.5 Å². The highest BCUT2D eigenvalue weighted by molar-refractivity contribution is 9.10. The van der Waals surface area contributed by atoms with Crippen LogP contribution in [0.5, 0.6) is 0 Å². The van der Waals surface area contributed by atoms with E-state index in [-0.39, 0.29) is 12.5 Å². The number of thiophene rings is 1. The van der Waals surface area contributed by atoms with Gasteiger partial charge in [0.1, 0.15) is 0 Å². The maximum Gasteiger partial charge on any atom is 0.305 e. The number of carboxylic acids is 1.